The normalized spacial score (nSPS) is 23.3. The summed E-state index contributed by atoms with van der Waals surface area (Å²) in [5.41, 5.74) is 2.14. The summed E-state index contributed by atoms with van der Waals surface area (Å²) in [6.07, 6.45) is 7.37. The van der Waals surface area contributed by atoms with Gasteiger partial charge in [-0.15, -0.1) is 0 Å². The molecule has 2 saturated heterocycles. The quantitative estimate of drug-likeness (QED) is 0.620. The van der Waals surface area contributed by atoms with Crippen LogP contribution in [-0.4, -0.2) is 56.4 Å². The summed E-state index contributed by atoms with van der Waals surface area (Å²) in [6, 6.07) is 9.26. The predicted molar refractivity (Wildman–Crippen MR) is 107 cm³/mol. The SMILES string of the molecule is O=C(c1cnc2cnccn12)C1CC2COCC(C1)N2C(=O)OCc1ccccc1. The van der Waals surface area contributed by atoms with Crippen LogP contribution >= 0.6 is 0 Å². The first kappa shape index (κ1) is 18.7. The Bertz CT molecular complexity index is 1050. The number of morpholine rings is 1. The molecule has 1 aromatic carbocycles. The second kappa shape index (κ2) is 7.87. The molecule has 2 unspecified atom stereocenters. The first-order valence-corrected chi connectivity index (χ1v) is 10.1. The summed E-state index contributed by atoms with van der Waals surface area (Å²) in [4.78, 5) is 36.1. The van der Waals surface area contributed by atoms with Crippen LogP contribution in [0.3, 0.4) is 0 Å². The van der Waals surface area contributed by atoms with Gasteiger partial charge in [-0.2, -0.15) is 0 Å². The topological polar surface area (TPSA) is 86.0 Å². The van der Waals surface area contributed by atoms with Crippen molar-refractivity contribution in [3.63, 3.8) is 0 Å². The van der Waals surface area contributed by atoms with Gasteiger partial charge < -0.3 is 9.47 Å². The average Bonchev–Trinajstić information content (AvgIpc) is 3.21. The van der Waals surface area contributed by atoms with Gasteiger partial charge in [0.15, 0.2) is 11.4 Å². The monoisotopic (exact) mass is 406 g/mol. The average molecular weight is 406 g/mol. The number of hydrogen-bond acceptors (Lipinski definition) is 6. The van der Waals surface area contributed by atoms with Crippen molar-refractivity contribution in [3.8, 4) is 0 Å². The number of piperidine rings is 1. The van der Waals surface area contributed by atoms with E-state index in [4.69, 9.17) is 9.47 Å². The number of amides is 1. The van der Waals surface area contributed by atoms with Gasteiger partial charge in [-0.25, -0.2) is 9.78 Å². The van der Waals surface area contributed by atoms with Gasteiger partial charge in [-0.3, -0.25) is 19.1 Å². The summed E-state index contributed by atoms with van der Waals surface area (Å²) < 4.78 is 13.0. The first-order chi connectivity index (χ1) is 14.7. The highest BCUT2D eigenvalue weighted by atomic mass is 16.6. The second-order valence-corrected chi connectivity index (χ2v) is 7.77. The summed E-state index contributed by atoms with van der Waals surface area (Å²) in [5, 5.41) is 0. The molecule has 0 radical (unpaired) electrons. The van der Waals surface area contributed by atoms with Crippen LogP contribution in [0.15, 0.2) is 55.1 Å². The Morgan fingerprint density at radius 1 is 1.10 bits per heavy atom. The number of carbonyl (C=O) groups excluding carboxylic acids is 2. The number of benzene rings is 1. The number of fused-ring (bicyclic) bond motifs is 3. The number of ketones is 1. The summed E-state index contributed by atoms with van der Waals surface area (Å²) in [5.74, 6) is -0.141. The largest absolute Gasteiger partial charge is 0.445 e. The van der Waals surface area contributed by atoms with Gasteiger partial charge in [0, 0.05) is 18.3 Å². The zero-order chi connectivity index (χ0) is 20.5. The highest BCUT2D eigenvalue weighted by Crippen LogP contribution is 2.34. The van der Waals surface area contributed by atoms with Crippen molar-refractivity contribution in [2.75, 3.05) is 13.2 Å². The third-order valence-corrected chi connectivity index (χ3v) is 5.88. The maximum Gasteiger partial charge on any atom is 0.410 e. The van der Waals surface area contributed by atoms with Crippen LogP contribution in [0.4, 0.5) is 4.79 Å². The van der Waals surface area contributed by atoms with Crippen LogP contribution in [-0.2, 0) is 16.1 Å². The lowest BCUT2D eigenvalue weighted by Crippen LogP contribution is -2.60. The minimum atomic E-state index is -0.344. The molecule has 3 aromatic rings. The van der Waals surface area contributed by atoms with Crippen LogP contribution in [0, 0.1) is 5.92 Å². The van der Waals surface area contributed by atoms with E-state index in [2.05, 4.69) is 9.97 Å². The van der Waals surface area contributed by atoms with E-state index in [-0.39, 0.29) is 36.5 Å². The van der Waals surface area contributed by atoms with Gasteiger partial charge in [0.2, 0.25) is 0 Å². The standard InChI is InChI=1S/C22H22N4O4/c27-21(19-10-24-20-11-23-6-7-25(19)20)16-8-17-13-29-14-18(9-16)26(17)22(28)30-12-15-4-2-1-3-5-15/h1-7,10-11,16-18H,8-9,12-14H2. The zero-order valence-electron chi connectivity index (χ0n) is 16.4. The van der Waals surface area contributed by atoms with Crippen LogP contribution in [0.1, 0.15) is 28.9 Å². The van der Waals surface area contributed by atoms with E-state index in [0.717, 1.165) is 5.56 Å². The molecule has 4 heterocycles. The Morgan fingerprint density at radius 3 is 2.63 bits per heavy atom. The minimum absolute atomic E-state index is 0.0444. The second-order valence-electron chi connectivity index (χ2n) is 7.77. The molecule has 1 amide bonds. The minimum Gasteiger partial charge on any atom is -0.445 e. The van der Waals surface area contributed by atoms with E-state index < -0.39 is 0 Å². The van der Waals surface area contributed by atoms with Gasteiger partial charge in [0.1, 0.15) is 12.3 Å². The maximum atomic E-state index is 13.2. The molecule has 0 N–H and O–H groups in total. The van der Waals surface area contributed by atoms with Crippen molar-refractivity contribution in [3.05, 3.63) is 66.4 Å². The molecule has 154 valence electrons. The molecule has 0 spiro atoms. The van der Waals surface area contributed by atoms with Crippen molar-refractivity contribution in [2.45, 2.75) is 31.5 Å². The Morgan fingerprint density at radius 2 is 1.87 bits per heavy atom. The van der Waals surface area contributed by atoms with E-state index in [9.17, 15) is 9.59 Å². The summed E-state index contributed by atoms with van der Waals surface area (Å²) in [6.45, 7) is 1.06. The lowest BCUT2D eigenvalue weighted by Gasteiger charge is -2.47. The number of Topliss-reactive ketones (excluding diaryl/α,β-unsaturated/α-hetero) is 1. The van der Waals surface area contributed by atoms with E-state index in [1.54, 1.807) is 34.1 Å². The Kier molecular flexibility index (Phi) is 4.92. The van der Waals surface area contributed by atoms with Crippen molar-refractivity contribution < 1.29 is 19.1 Å². The summed E-state index contributed by atoms with van der Waals surface area (Å²) in [7, 11) is 0. The van der Waals surface area contributed by atoms with Gasteiger partial charge in [-0.1, -0.05) is 30.3 Å². The molecule has 2 aromatic heterocycles. The molecule has 5 rings (SSSR count). The Hall–Kier alpha value is -3.26. The molecule has 8 heteroatoms. The molecule has 2 fully saturated rings. The number of nitrogens with zero attached hydrogens (tertiary/aromatic N) is 4. The predicted octanol–water partition coefficient (Wildman–Crippen LogP) is 2.73. The molecule has 2 aliphatic rings. The number of aromatic nitrogens is 3. The maximum absolute atomic E-state index is 13.2. The summed E-state index contributed by atoms with van der Waals surface area (Å²) >= 11 is 0. The molecule has 2 bridgehead atoms. The van der Waals surface area contributed by atoms with Gasteiger partial charge in [-0.05, 0) is 18.4 Å². The highest BCUT2D eigenvalue weighted by Gasteiger charge is 2.44. The molecule has 8 nitrogen and oxygen atoms in total. The smallest absolute Gasteiger partial charge is 0.410 e. The van der Waals surface area contributed by atoms with Crippen LogP contribution in [0.5, 0.6) is 0 Å². The van der Waals surface area contributed by atoms with Gasteiger partial charge in [0.25, 0.3) is 0 Å². The Labute approximate surface area is 173 Å². The zero-order valence-corrected chi connectivity index (χ0v) is 16.4. The lowest BCUT2D eigenvalue weighted by molar-refractivity contribution is -0.0756. The molecule has 0 saturated carbocycles. The number of imidazole rings is 1. The number of carbonyl (C=O) groups is 2. The molecular formula is C22H22N4O4. The molecular weight excluding hydrogens is 384 g/mol. The third-order valence-electron chi connectivity index (χ3n) is 5.88. The van der Waals surface area contributed by atoms with E-state index in [0.29, 0.717) is 37.4 Å². The molecule has 30 heavy (non-hydrogen) atoms. The van der Waals surface area contributed by atoms with Crippen LogP contribution in [0.25, 0.3) is 5.65 Å². The fraction of sp³-hybridized carbons (Fsp3) is 0.364. The molecule has 0 aliphatic carbocycles. The van der Waals surface area contributed by atoms with Crippen molar-refractivity contribution in [2.24, 2.45) is 5.92 Å². The number of ether oxygens (including phenoxy) is 2. The van der Waals surface area contributed by atoms with Crippen molar-refractivity contribution in [1.29, 1.82) is 0 Å². The van der Waals surface area contributed by atoms with Crippen LogP contribution < -0.4 is 0 Å². The van der Waals surface area contributed by atoms with Gasteiger partial charge in [0.05, 0.1) is 37.7 Å². The Balaban J connectivity index is 1.30. The fourth-order valence-corrected chi connectivity index (χ4v) is 4.45. The van der Waals surface area contributed by atoms with Crippen LogP contribution in [0.2, 0.25) is 0 Å². The number of rotatable bonds is 4. The van der Waals surface area contributed by atoms with Gasteiger partial charge >= 0.3 is 6.09 Å². The fourth-order valence-electron chi connectivity index (χ4n) is 4.45. The van der Waals surface area contributed by atoms with E-state index >= 15 is 0 Å². The highest BCUT2D eigenvalue weighted by molar-refractivity contribution is 5.97. The van der Waals surface area contributed by atoms with E-state index in [1.165, 1.54) is 0 Å². The van der Waals surface area contributed by atoms with Crippen molar-refractivity contribution in [1.82, 2.24) is 19.3 Å². The third kappa shape index (κ3) is 3.43. The number of hydrogen-bond donors (Lipinski definition) is 0. The lowest BCUT2D eigenvalue weighted by atomic mass is 9.82. The molecule has 2 atom stereocenters. The van der Waals surface area contributed by atoms with E-state index in [1.807, 2.05) is 30.3 Å². The molecule has 2 aliphatic heterocycles. The first-order valence-electron chi connectivity index (χ1n) is 10.1. The van der Waals surface area contributed by atoms with Crippen molar-refractivity contribution >= 4 is 17.5 Å².